The molecule has 2 rings (SSSR count). The highest BCUT2D eigenvalue weighted by Crippen LogP contribution is 2.21. The first kappa shape index (κ1) is 24.4. The van der Waals surface area contributed by atoms with Crippen molar-refractivity contribution in [1.82, 2.24) is 10.6 Å². The van der Waals surface area contributed by atoms with E-state index in [0.29, 0.717) is 5.02 Å². The molecule has 2 aromatic rings. The first-order chi connectivity index (χ1) is 14.8. The second-order valence-electron chi connectivity index (χ2n) is 7.40. The third-order valence-corrected chi connectivity index (χ3v) is 5.05. The van der Waals surface area contributed by atoms with Crippen molar-refractivity contribution in [3.05, 3.63) is 70.7 Å². The van der Waals surface area contributed by atoms with Gasteiger partial charge in [-0.3, -0.25) is 14.4 Å². The Hall–Kier alpha value is -2.86. The molecule has 0 saturated carbocycles. The quantitative estimate of drug-likeness (QED) is 0.528. The van der Waals surface area contributed by atoms with E-state index < -0.39 is 18.1 Å². The van der Waals surface area contributed by atoms with E-state index in [-0.39, 0.29) is 24.3 Å². The third-order valence-electron chi connectivity index (χ3n) is 4.79. The zero-order valence-corrected chi connectivity index (χ0v) is 18.8. The highest BCUT2D eigenvalue weighted by Gasteiger charge is 2.24. The maximum atomic E-state index is 12.6. The molecule has 0 bridgehead atoms. The molecule has 7 heteroatoms. The van der Waals surface area contributed by atoms with Crippen molar-refractivity contribution in [3.8, 4) is 0 Å². The van der Waals surface area contributed by atoms with E-state index in [2.05, 4.69) is 10.6 Å². The van der Waals surface area contributed by atoms with Gasteiger partial charge < -0.3 is 15.4 Å². The first-order valence-electron chi connectivity index (χ1n) is 10.4. The van der Waals surface area contributed by atoms with Crippen LogP contribution in [0.5, 0.6) is 0 Å². The number of halogens is 1. The number of hydrogen-bond acceptors (Lipinski definition) is 4. The van der Waals surface area contributed by atoms with Crippen molar-refractivity contribution < 1.29 is 19.1 Å². The summed E-state index contributed by atoms with van der Waals surface area (Å²) in [6, 6.07) is 15.8. The SMILES string of the molecule is CCCC(NC(=O)C(C)OC(=O)CC(NC(C)=O)c1ccc(Cl)cc1)c1ccccc1. The minimum absolute atomic E-state index is 0.101. The molecule has 0 fully saturated rings. The predicted octanol–water partition coefficient (Wildman–Crippen LogP) is 4.50. The summed E-state index contributed by atoms with van der Waals surface area (Å²) in [6.45, 7) is 4.96. The van der Waals surface area contributed by atoms with Gasteiger partial charge in [-0.25, -0.2) is 0 Å². The second kappa shape index (κ2) is 12.1. The molecule has 0 heterocycles. The summed E-state index contributed by atoms with van der Waals surface area (Å²) in [5, 5.41) is 6.25. The Morgan fingerprint density at radius 3 is 2.13 bits per heavy atom. The smallest absolute Gasteiger partial charge is 0.309 e. The lowest BCUT2D eigenvalue weighted by Crippen LogP contribution is -2.38. The van der Waals surface area contributed by atoms with Gasteiger partial charge in [-0.15, -0.1) is 0 Å². The van der Waals surface area contributed by atoms with Gasteiger partial charge >= 0.3 is 5.97 Å². The highest BCUT2D eigenvalue weighted by molar-refractivity contribution is 6.30. The van der Waals surface area contributed by atoms with Gasteiger partial charge in [-0.05, 0) is 36.6 Å². The molecule has 0 radical (unpaired) electrons. The van der Waals surface area contributed by atoms with Crippen molar-refractivity contribution in [2.75, 3.05) is 0 Å². The molecular formula is C24H29ClN2O4. The number of amides is 2. The monoisotopic (exact) mass is 444 g/mol. The van der Waals surface area contributed by atoms with Crippen molar-refractivity contribution in [1.29, 1.82) is 0 Å². The molecule has 2 N–H and O–H groups in total. The van der Waals surface area contributed by atoms with Crippen LogP contribution < -0.4 is 10.6 Å². The zero-order valence-electron chi connectivity index (χ0n) is 18.1. The number of carbonyl (C=O) groups is 3. The van der Waals surface area contributed by atoms with Gasteiger partial charge in [0.15, 0.2) is 6.10 Å². The lowest BCUT2D eigenvalue weighted by atomic mass is 10.0. The molecule has 3 unspecified atom stereocenters. The van der Waals surface area contributed by atoms with Gasteiger partial charge in [0.2, 0.25) is 5.91 Å². The van der Waals surface area contributed by atoms with E-state index in [1.54, 1.807) is 24.3 Å². The van der Waals surface area contributed by atoms with Crippen LogP contribution in [0.3, 0.4) is 0 Å². The number of rotatable bonds is 10. The lowest BCUT2D eigenvalue weighted by Gasteiger charge is -2.22. The van der Waals surface area contributed by atoms with Gasteiger partial charge in [0.1, 0.15) is 0 Å². The minimum Gasteiger partial charge on any atom is -0.452 e. The molecule has 2 aromatic carbocycles. The Morgan fingerprint density at radius 1 is 0.935 bits per heavy atom. The maximum Gasteiger partial charge on any atom is 0.309 e. The number of ether oxygens (including phenoxy) is 1. The molecule has 166 valence electrons. The van der Waals surface area contributed by atoms with E-state index in [1.807, 2.05) is 37.3 Å². The van der Waals surface area contributed by atoms with E-state index in [9.17, 15) is 14.4 Å². The van der Waals surface area contributed by atoms with Crippen LogP contribution in [0.25, 0.3) is 0 Å². The average Bonchev–Trinajstić information content (AvgIpc) is 2.73. The number of hydrogen-bond donors (Lipinski definition) is 2. The molecule has 2 amide bonds. The first-order valence-corrected chi connectivity index (χ1v) is 10.7. The van der Waals surface area contributed by atoms with Crippen molar-refractivity contribution in [2.24, 2.45) is 0 Å². The van der Waals surface area contributed by atoms with Crippen LogP contribution in [0.15, 0.2) is 54.6 Å². The molecule has 3 atom stereocenters. The number of benzene rings is 2. The molecule has 0 aromatic heterocycles. The van der Waals surface area contributed by atoms with Gasteiger partial charge in [-0.2, -0.15) is 0 Å². The second-order valence-corrected chi connectivity index (χ2v) is 7.84. The topological polar surface area (TPSA) is 84.5 Å². The zero-order chi connectivity index (χ0) is 22.8. The van der Waals surface area contributed by atoms with Crippen LogP contribution in [0.1, 0.15) is 63.2 Å². The van der Waals surface area contributed by atoms with E-state index in [1.165, 1.54) is 13.8 Å². The fourth-order valence-corrected chi connectivity index (χ4v) is 3.37. The van der Waals surface area contributed by atoms with Crippen molar-refractivity contribution >= 4 is 29.4 Å². The van der Waals surface area contributed by atoms with Crippen LogP contribution >= 0.6 is 11.6 Å². The molecule has 0 aliphatic heterocycles. The number of carbonyl (C=O) groups excluding carboxylic acids is 3. The van der Waals surface area contributed by atoms with E-state index in [4.69, 9.17) is 16.3 Å². The molecule has 6 nitrogen and oxygen atoms in total. The van der Waals surface area contributed by atoms with Crippen molar-refractivity contribution in [3.63, 3.8) is 0 Å². The van der Waals surface area contributed by atoms with E-state index in [0.717, 1.165) is 24.0 Å². The summed E-state index contributed by atoms with van der Waals surface area (Å²) < 4.78 is 5.36. The van der Waals surface area contributed by atoms with Crippen LogP contribution in [0, 0.1) is 0 Å². The largest absolute Gasteiger partial charge is 0.452 e. The van der Waals surface area contributed by atoms with Crippen LogP contribution in [-0.4, -0.2) is 23.9 Å². The maximum absolute atomic E-state index is 12.6. The Bertz CT molecular complexity index is 871. The van der Waals surface area contributed by atoms with Crippen LogP contribution in [0.4, 0.5) is 0 Å². The Balaban J connectivity index is 1.99. The Labute approximate surface area is 188 Å². The average molecular weight is 445 g/mol. The summed E-state index contributed by atoms with van der Waals surface area (Å²) in [5.41, 5.74) is 1.73. The summed E-state index contributed by atoms with van der Waals surface area (Å²) in [5.74, 6) is -1.22. The third kappa shape index (κ3) is 8.06. The molecule has 0 spiro atoms. The standard InChI is InChI=1S/C24H29ClN2O4/c1-4-8-21(18-9-6-5-7-10-18)27-24(30)16(2)31-23(29)15-22(26-17(3)28)19-11-13-20(25)14-12-19/h5-7,9-14,16,21-22H,4,8,15H2,1-3H3,(H,26,28)(H,27,30). The normalized spacial score (nSPS) is 13.5. The Kier molecular flexibility index (Phi) is 9.53. The molecule has 31 heavy (non-hydrogen) atoms. The minimum atomic E-state index is -0.959. The number of nitrogens with one attached hydrogen (secondary N) is 2. The fourth-order valence-electron chi connectivity index (χ4n) is 3.24. The summed E-state index contributed by atoms with van der Waals surface area (Å²) >= 11 is 5.92. The Morgan fingerprint density at radius 2 is 1.55 bits per heavy atom. The van der Waals surface area contributed by atoms with E-state index >= 15 is 0 Å². The summed E-state index contributed by atoms with van der Waals surface area (Å²) in [4.78, 5) is 36.7. The highest BCUT2D eigenvalue weighted by atomic mass is 35.5. The van der Waals surface area contributed by atoms with Gasteiger partial charge in [0, 0.05) is 11.9 Å². The summed E-state index contributed by atoms with van der Waals surface area (Å²) in [7, 11) is 0. The van der Waals surface area contributed by atoms with Gasteiger partial charge in [0.05, 0.1) is 18.5 Å². The lowest BCUT2D eigenvalue weighted by molar-refractivity contribution is -0.155. The van der Waals surface area contributed by atoms with Crippen molar-refractivity contribution in [2.45, 2.75) is 58.2 Å². The fraction of sp³-hybridized carbons (Fsp3) is 0.375. The van der Waals surface area contributed by atoms with Crippen LogP contribution in [0.2, 0.25) is 5.02 Å². The number of esters is 1. The van der Waals surface area contributed by atoms with Gasteiger partial charge in [0.25, 0.3) is 5.91 Å². The summed E-state index contributed by atoms with van der Waals surface area (Å²) in [6.07, 6.45) is 0.611. The molecule has 0 aliphatic rings. The predicted molar refractivity (Wildman–Crippen MR) is 120 cm³/mol. The molecule has 0 aliphatic carbocycles. The molecule has 0 saturated heterocycles. The van der Waals surface area contributed by atoms with Crippen LogP contribution in [-0.2, 0) is 19.1 Å². The molecular weight excluding hydrogens is 416 g/mol. The van der Waals surface area contributed by atoms with Gasteiger partial charge in [-0.1, -0.05) is 67.4 Å².